The van der Waals surface area contributed by atoms with Crippen LogP contribution in [0.3, 0.4) is 0 Å². The van der Waals surface area contributed by atoms with E-state index in [2.05, 4.69) is 10.6 Å². The van der Waals surface area contributed by atoms with Gasteiger partial charge in [-0.3, -0.25) is 4.79 Å². The van der Waals surface area contributed by atoms with Crippen LogP contribution in [0, 0.1) is 0 Å². The Morgan fingerprint density at radius 3 is 2.83 bits per heavy atom. The number of urea groups is 1. The van der Waals surface area contributed by atoms with Gasteiger partial charge in [0, 0.05) is 12.6 Å². The van der Waals surface area contributed by atoms with Crippen LogP contribution >= 0.6 is 0 Å². The highest BCUT2D eigenvalue weighted by Gasteiger charge is 2.19. The van der Waals surface area contributed by atoms with Crippen LogP contribution in [0.5, 0.6) is 0 Å². The molecule has 0 bridgehead atoms. The average Bonchev–Trinajstić information content (AvgIpc) is 2.29. The van der Waals surface area contributed by atoms with Gasteiger partial charge in [-0.25, -0.2) is 4.79 Å². The minimum absolute atomic E-state index is 0.0332. The van der Waals surface area contributed by atoms with Crippen LogP contribution in [0.1, 0.15) is 39.0 Å². The molecule has 1 rings (SSSR count). The fourth-order valence-electron chi connectivity index (χ4n) is 2.05. The lowest BCUT2D eigenvalue weighted by Gasteiger charge is -2.24. The summed E-state index contributed by atoms with van der Waals surface area (Å²) in [5.74, 6) is -0.894. The minimum Gasteiger partial charge on any atom is -0.481 e. The molecule has 0 aromatic rings. The molecule has 0 aliphatic carbocycles. The minimum atomic E-state index is -0.894. The van der Waals surface area contributed by atoms with Gasteiger partial charge in [0.1, 0.15) is 0 Å². The normalized spacial score (nSPS) is 21.1. The van der Waals surface area contributed by atoms with Gasteiger partial charge in [0.15, 0.2) is 0 Å². The number of amides is 2. The number of rotatable bonds is 6. The van der Waals surface area contributed by atoms with Gasteiger partial charge in [0.25, 0.3) is 0 Å². The molecule has 1 heterocycles. The summed E-state index contributed by atoms with van der Waals surface area (Å²) in [4.78, 5) is 22.4. The third kappa shape index (κ3) is 5.86. The Morgan fingerprint density at radius 2 is 2.28 bits per heavy atom. The predicted molar refractivity (Wildman–Crippen MR) is 66.5 cm³/mol. The lowest BCUT2D eigenvalue weighted by Crippen LogP contribution is -2.49. The monoisotopic (exact) mass is 258 g/mol. The second-order valence-electron chi connectivity index (χ2n) is 4.62. The van der Waals surface area contributed by atoms with Gasteiger partial charge in [-0.05, 0) is 19.3 Å². The van der Waals surface area contributed by atoms with E-state index in [0.29, 0.717) is 13.0 Å². The number of carbonyl (C=O) groups excluding carboxylic acids is 1. The van der Waals surface area contributed by atoms with Crippen molar-refractivity contribution in [1.29, 1.82) is 0 Å². The molecular weight excluding hydrogens is 236 g/mol. The summed E-state index contributed by atoms with van der Waals surface area (Å²) in [6.07, 6.45) is 3.32. The maximum Gasteiger partial charge on any atom is 0.315 e. The summed E-state index contributed by atoms with van der Waals surface area (Å²) in [6.45, 7) is 3.24. The molecule has 18 heavy (non-hydrogen) atoms. The molecule has 6 heteroatoms. The molecule has 1 saturated heterocycles. The Balaban J connectivity index is 2.32. The van der Waals surface area contributed by atoms with Gasteiger partial charge in [-0.2, -0.15) is 0 Å². The molecule has 1 fully saturated rings. The van der Waals surface area contributed by atoms with Gasteiger partial charge in [0.2, 0.25) is 0 Å². The number of carboxylic acid groups (broad SMARTS) is 1. The summed E-state index contributed by atoms with van der Waals surface area (Å²) >= 11 is 0. The van der Waals surface area contributed by atoms with Gasteiger partial charge >= 0.3 is 12.0 Å². The first-order valence-corrected chi connectivity index (χ1v) is 6.48. The molecule has 2 atom stereocenters. The Kier molecular flexibility index (Phi) is 6.49. The van der Waals surface area contributed by atoms with Crippen molar-refractivity contribution in [2.75, 3.05) is 13.2 Å². The topological polar surface area (TPSA) is 87.7 Å². The van der Waals surface area contributed by atoms with Crippen LogP contribution in [0.2, 0.25) is 0 Å². The zero-order chi connectivity index (χ0) is 13.4. The van der Waals surface area contributed by atoms with Crippen molar-refractivity contribution in [1.82, 2.24) is 10.6 Å². The van der Waals surface area contributed by atoms with E-state index in [1.165, 1.54) is 0 Å². The lowest BCUT2D eigenvalue weighted by molar-refractivity contribution is -0.137. The van der Waals surface area contributed by atoms with Gasteiger partial charge in [-0.1, -0.05) is 13.3 Å². The van der Waals surface area contributed by atoms with E-state index in [1.54, 1.807) is 0 Å². The van der Waals surface area contributed by atoms with E-state index < -0.39 is 5.97 Å². The van der Waals surface area contributed by atoms with Crippen molar-refractivity contribution < 1.29 is 19.4 Å². The zero-order valence-corrected chi connectivity index (χ0v) is 10.8. The van der Waals surface area contributed by atoms with Crippen LogP contribution in [0.25, 0.3) is 0 Å². The van der Waals surface area contributed by atoms with E-state index in [4.69, 9.17) is 9.84 Å². The van der Waals surface area contributed by atoms with Crippen LogP contribution in [-0.2, 0) is 9.53 Å². The SMILES string of the molecule is CCCC(CC(=O)O)NC(=O)NC1CCCOC1. The molecule has 3 N–H and O–H groups in total. The van der Waals surface area contributed by atoms with E-state index >= 15 is 0 Å². The van der Waals surface area contributed by atoms with E-state index in [9.17, 15) is 9.59 Å². The smallest absolute Gasteiger partial charge is 0.315 e. The van der Waals surface area contributed by atoms with Crippen molar-refractivity contribution in [3.63, 3.8) is 0 Å². The van der Waals surface area contributed by atoms with Crippen molar-refractivity contribution >= 4 is 12.0 Å². The van der Waals surface area contributed by atoms with Crippen molar-refractivity contribution in [2.45, 2.75) is 51.1 Å². The number of carbonyl (C=O) groups is 2. The van der Waals surface area contributed by atoms with Crippen LogP contribution in [-0.4, -0.2) is 42.4 Å². The number of hydrogen-bond donors (Lipinski definition) is 3. The first-order valence-electron chi connectivity index (χ1n) is 6.48. The molecule has 6 nitrogen and oxygen atoms in total. The number of ether oxygens (including phenoxy) is 1. The highest BCUT2D eigenvalue weighted by molar-refractivity contribution is 5.76. The van der Waals surface area contributed by atoms with Crippen molar-refractivity contribution in [2.24, 2.45) is 0 Å². The maximum absolute atomic E-state index is 11.7. The van der Waals surface area contributed by atoms with Crippen LogP contribution < -0.4 is 10.6 Å². The fraction of sp³-hybridized carbons (Fsp3) is 0.833. The summed E-state index contributed by atoms with van der Waals surface area (Å²) in [7, 11) is 0. The van der Waals surface area contributed by atoms with Gasteiger partial charge in [0.05, 0.1) is 19.1 Å². The maximum atomic E-state index is 11.7. The predicted octanol–water partition coefficient (Wildman–Crippen LogP) is 1.11. The molecule has 0 radical (unpaired) electrons. The van der Waals surface area contributed by atoms with E-state index in [0.717, 1.165) is 25.9 Å². The molecule has 104 valence electrons. The molecule has 0 spiro atoms. The summed E-state index contributed by atoms with van der Waals surface area (Å²) in [6, 6.07) is -0.576. The fourth-order valence-corrected chi connectivity index (χ4v) is 2.05. The largest absolute Gasteiger partial charge is 0.481 e. The Labute approximate surface area is 107 Å². The molecule has 0 aromatic carbocycles. The number of carboxylic acids is 1. The molecular formula is C12H22N2O4. The highest BCUT2D eigenvalue weighted by Crippen LogP contribution is 2.06. The van der Waals surface area contributed by atoms with Crippen molar-refractivity contribution in [3.05, 3.63) is 0 Å². The summed E-state index contributed by atoms with van der Waals surface area (Å²) in [5, 5.41) is 14.3. The van der Waals surface area contributed by atoms with Gasteiger partial charge in [-0.15, -0.1) is 0 Å². The van der Waals surface area contributed by atoms with Crippen molar-refractivity contribution in [3.8, 4) is 0 Å². The molecule has 0 saturated carbocycles. The molecule has 2 amide bonds. The summed E-state index contributed by atoms with van der Waals surface area (Å²) in [5.41, 5.74) is 0. The van der Waals surface area contributed by atoms with Crippen LogP contribution in [0.15, 0.2) is 0 Å². The van der Waals surface area contributed by atoms with E-state index in [-0.39, 0.29) is 24.5 Å². The zero-order valence-electron chi connectivity index (χ0n) is 10.8. The molecule has 1 aliphatic rings. The highest BCUT2D eigenvalue weighted by atomic mass is 16.5. The first-order chi connectivity index (χ1) is 8.61. The second kappa shape index (κ2) is 7.92. The number of aliphatic carboxylic acids is 1. The number of nitrogens with one attached hydrogen (secondary N) is 2. The molecule has 2 unspecified atom stereocenters. The molecule has 1 aliphatic heterocycles. The summed E-state index contributed by atoms with van der Waals surface area (Å²) < 4.78 is 5.26. The molecule has 0 aromatic heterocycles. The lowest BCUT2D eigenvalue weighted by atomic mass is 10.1. The Morgan fingerprint density at radius 1 is 1.50 bits per heavy atom. The first kappa shape index (κ1) is 14.8. The quantitative estimate of drug-likeness (QED) is 0.666. The Hall–Kier alpha value is -1.30. The standard InChI is InChI=1S/C12H22N2O4/c1-2-4-9(7-11(15)16)13-12(17)14-10-5-3-6-18-8-10/h9-10H,2-8H2,1H3,(H,15,16)(H2,13,14,17). The number of hydrogen-bond acceptors (Lipinski definition) is 3. The van der Waals surface area contributed by atoms with Crippen LogP contribution in [0.4, 0.5) is 4.79 Å². The van der Waals surface area contributed by atoms with E-state index in [1.807, 2.05) is 6.92 Å². The van der Waals surface area contributed by atoms with Gasteiger partial charge < -0.3 is 20.5 Å². The Bertz CT molecular complexity index is 277. The third-order valence-corrected chi connectivity index (χ3v) is 2.89. The third-order valence-electron chi connectivity index (χ3n) is 2.89. The average molecular weight is 258 g/mol. The second-order valence-corrected chi connectivity index (χ2v) is 4.62.